The highest BCUT2D eigenvalue weighted by Gasteiger charge is 2.12. The first kappa shape index (κ1) is 18.4. The lowest BCUT2D eigenvalue weighted by molar-refractivity contribution is 0.306. The largest absolute Gasteiger partial charge is 0.489 e. The summed E-state index contributed by atoms with van der Waals surface area (Å²) in [4.78, 5) is 4.55. The number of aromatic nitrogens is 3. The molecule has 5 aromatic rings. The van der Waals surface area contributed by atoms with Gasteiger partial charge in [0.15, 0.2) is 5.65 Å². The predicted octanol–water partition coefficient (Wildman–Crippen LogP) is 6.30. The van der Waals surface area contributed by atoms with E-state index >= 15 is 0 Å². The molecule has 146 valence electrons. The minimum absolute atomic E-state index is 0.545. The van der Waals surface area contributed by atoms with Crippen molar-refractivity contribution >= 4 is 17.2 Å². The number of halogens is 1. The van der Waals surface area contributed by atoms with Crippen molar-refractivity contribution in [3.63, 3.8) is 0 Å². The smallest absolute Gasteiger partial charge is 0.163 e. The van der Waals surface area contributed by atoms with E-state index in [2.05, 4.69) is 22.2 Å². The molecular weight excluding hydrogens is 394 g/mol. The molecule has 0 unspecified atom stereocenters. The second-order valence-electron chi connectivity index (χ2n) is 6.93. The highest BCUT2D eigenvalue weighted by molar-refractivity contribution is 6.30. The molecule has 0 saturated carbocycles. The molecule has 0 fully saturated rings. The average molecular weight is 412 g/mol. The van der Waals surface area contributed by atoms with Crippen LogP contribution in [0.3, 0.4) is 0 Å². The molecule has 3 aromatic carbocycles. The fourth-order valence-electron chi connectivity index (χ4n) is 3.41. The van der Waals surface area contributed by atoms with Crippen molar-refractivity contribution in [3.8, 4) is 28.1 Å². The molecule has 5 rings (SSSR count). The van der Waals surface area contributed by atoms with E-state index < -0.39 is 0 Å². The van der Waals surface area contributed by atoms with Crippen LogP contribution in [0.25, 0.3) is 28.0 Å². The van der Waals surface area contributed by atoms with Crippen molar-refractivity contribution in [2.45, 2.75) is 6.61 Å². The first-order valence-corrected chi connectivity index (χ1v) is 10.0. The summed E-state index contributed by atoms with van der Waals surface area (Å²) in [5.41, 5.74) is 5.96. The van der Waals surface area contributed by atoms with Crippen molar-refractivity contribution in [3.05, 3.63) is 108 Å². The summed E-state index contributed by atoms with van der Waals surface area (Å²) in [7, 11) is 0. The van der Waals surface area contributed by atoms with Gasteiger partial charge in [-0.25, -0.2) is 9.50 Å². The van der Waals surface area contributed by atoms with Crippen LogP contribution in [0.15, 0.2) is 97.3 Å². The monoisotopic (exact) mass is 411 g/mol. The molecule has 0 amide bonds. The van der Waals surface area contributed by atoms with Crippen molar-refractivity contribution in [2.24, 2.45) is 0 Å². The third-order valence-electron chi connectivity index (χ3n) is 4.95. The Bertz CT molecular complexity index is 1280. The Hall–Kier alpha value is -3.63. The van der Waals surface area contributed by atoms with Gasteiger partial charge in [0.25, 0.3) is 0 Å². The number of fused-ring (bicyclic) bond motifs is 1. The minimum atomic E-state index is 0.545. The van der Waals surface area contributed by atoms with Gasteiger partial charge in [0.2, 0.25) is 0 Å². The van der Waals surface area contributed by atoms with Gasteiger partial charge in [-0.1, -0.05) is 54.1 Å². The molecule has 0 aliphatic carbocycles. The quantitative estimate of drug-likeness (QED) is 0.341. The Kier molecular flexibility index (Phi) is 4.91. The standard InChI is InChI=1S/C25H18ClN3O/c26-21-10-6-19(7-11-21)23-16-28-29-24(14-15-27-25(23)29)20-8-12-22(13-9-20)30-17-18-4-2-1-3-5-18/h1-16H,17H2. The molecule has 0 bridgehead atoms. The zero-order valence-corrected chi connectivity index (χ0v) is 16.8. The Morgan fingerprint density at radius 2 is 1.53 bits per heavy atom. The van der Waals surface area contributed by atoms with Crippen LogP contribution < -0.4 is 4.74 Å². The second kappa shape index (κ2) is 8.01. The summed E-state index contributed by atoms with van der Waals surface area (Å²) in [6.45, 7) is 0.545. The molecule has 5 heteroatoms. The molecule has 0 radical (unpaired) electrons. The van der Waals surface area contributed by atoms with Crippen molar-refractivity contribution in [1.29, 1.82) is 0 Å². The molecule has 30 heavy (non-hydrogen) atoms. The summed E-state index contributed by atoms with van der Waals surface area (Å²) >= 11 is 6.02. The van der Waals surface area contributed by atoms with Gasteiger partial charge in [-0.05, 0) is 53.6 Å². The van der Waals surface area contributed by atoms with Crippen LogP contribution in [0.2, 0.25) is 5.02 Å². The third-order valence-corrected chi connectivity index (χ3v) is 5.21. The van der Waals surface area contributed by atoms with E-state index in [0.29, 0.717) is 11.6 Å². The maximum absolute atomic E-state index is 6.02. The van der Waals surface area contributed by atoms with E-state index in [0.717, 1.165) is 39.3 Å². The van der Waals surface area contributed by atoms with Crippen LogP contribution in [0, 0.1) is 0 Å². The van der Waals surface area contributed by atoms with Crippen molar-refractivity contribution in [1.82, 2.24) is 14.6 Å². The Morgan fingerprint density at radius 1 is 0.800 bits per heavy atom. The summed E-state index contributed by atoms with van der Waals surface area (Å²) in [6, 6.07) is 27.8. The van der Waals surface area contributed by atoms with Crippen LogP contribution in [0.1, 0.15) is 5.56 Å². The zero-order chi connectivity index (χ0) is 20.3. The fourth-order valence-corrected chi connectivity index (χ4v) is 3.53. The van der Waals surface area contributed by atoms with E-state index in [1.54, 1.807) is 0 Å². The summed E-state index contributed by atoms with van der Waals surface area (Å²) < 4.78 is 7.76. The fraction of sp³-hybridized carbons (Fsp3) is 0.0400. The van der Waals surface area contributed by atoms with Gasteiger partial charge in [0.1, 0.15) is 12.4 Å². The lowest BCUT2D eigenvalue weighted by Gasteiger charge is -2.09. The predicted molar refractivity (Wildman–Crippen MR) is 120 cm³/mol. The minimum Gasteiger partial charge on any atom is -0.489 e. The summed E-state index contributed by atoms with van der Waals surface area (Å²) in [5, 5.41) is 5.29. The van der Waals surface area contributed by atoms with Crippen molar-refractivity contribution in [2.75, 3.05) is 0 Å². The molecule has 0 saturated heterocycles. The summed E-state index contributed by atoms with van der Waals surface area (Å²) in [6.07, 6.45) is 3.65. The number of ether oxygens (including phenoxy) is 1. The first-order valence-electron chi connectivity index (χ1n) is 9.64. The number of nitrogens with zero attached hydrogens (tertiary/aromatic N) is 3. The normalized spacial score (nSPS) is 11.0. The van der Waals surface area contributed by atoms with Gasteiger partial charge < -0.3 is 4.74 Å². The Balaban J connectivity index is 1.43. The van der Waals surface area contributed by atoms with Crippen molar-refractivity contribution < 1.29 is 4.74 Å². The van der Waals surface area contributed by atoms with Crippen LogP contribution >= 0.6 is 11.6 Å². The van der Waals surface area contributed by atoms with E-state index in [4.69, 9.17) is 16.3 Å². The highest BCUT2D eigenvalue weighted by Crippen LogP contribution is 2.28. The van der Waals surface area contributed by atoms with Gasteiger partial charge in [-0.2, -0.15) is 5.10 Å². The lowest BCUT2D eigenvalue weighted by Crippen LogP contribution is -1.97. The number of rotatable bonds is 5. The van der Waals surface area contributed by atoms with Crippen LogP contribution in [-0.4, -0.2) is 14.6 Å². The zero-order valence-electron chi connectivity index (χ0n) is 16.1. The highest BCUT2D eigenvalue weighted by atomic mass is 35.5. The average Bonchev–Trinajstić information content (AvgIpc) is 3.24. The van der Waals surface area contributed by atoms with E-state index in [1.807, 2.05) is 89.7 Å². The maximum atomic E-state index is 6.02. The van der Waals surface area contributed by atoms with Gasteiger partial charge >= 0.3 is 0 Å². The second-order valence-corrected chi connectivity index (χ2v) is 7.37. The maximum Gasteiger partial charge on any atom is 0.163 e. The third kappa shape index (κ3) is 3.65. The lowest BCUT2D eigenvalue weighted by atomic mass is 10.1. The summed E-state index contributed by atoms with van der Waals surface area (Å²) in [5.74, 6) is 0.829. The molecule has 0 atom stereocenters. The van der Waals surface area contributed by atoms with Crippen LogP contribution in [0.4, 0.5) is 0 Å². The molecule has 2 aromatic heterocycles. The molecule has 2 heterocycles. The molecule has 0 spiro atoms. The van der Waals surface area contributed by atoms with Crippen LogP contribution in [-0.2, 0) is 6.61 Å². The number of hydrogen-bond acceptors (Lipinski definition) is 3. The number of benzene rings is 3. The first-order chi connectivity index (χ1) is 14.8. The van der Waals surface area contributed by atoms with E-state index in [1.165, 1.54) is 0 Å². The van der Waals surface area contributed by atoms with Gasteiger partial charge in [-0.3, -0.25) is 0 Å². The molecule has 4 nitrogen and oxygen atoms in total. The molecule has 0 aliphatic heterocycles. The van der Waals surface area contributed by atoms with Gasteiger partial charge in [0, 0.05) is 22.3 Å². The van der Waals surface area contributed by atoms with Gasteiger partial charge in [0.05, 0.1) is 11.9 Å². The van der Waals surface area contributed by atoms with Gasteiger partial charge in [-0.15, -0.1) is 0 Å². The van der Waals surface area contributed by atoms with Crippen LogP contribution in [0.5, 0.6) is 5.75 Å². The number of hydrogen-bond donors (Lipinski definition) is 0. The topological polar surface area (TPSA) is 39.4 Å². The molecule has 0 aliphatic rings. The Morgan fingerprint density at radius 3 is 2.30 bits per heavy atom. The SMILES string of the molecule is Clc1ccc(-c2cnn3c(-c4ccc(OCc5ccccc5)cc4)ccnc23)cc1. The van der Waals surface area contributed by atoms with E-state index in [-0.39, 0.29) is 0 Å². The molecular formula is C25H18ClN3O. The Labute approximate surface area is 179 Å². The van der Waals surface area contributed by atoms with E-state index in [9.17, 15) is 0 Å². The molecule has 0 N–H and O–H groups in total.